The molecule has 1 atom stereocenters. The fraction of sp³-hybridized carbons (Fsp3) is 0.385. The van der Waals surface area contributed by atoms with Crippen LogP contribution in [0.15, 0.2) is 34.7 Å². The van der Waals surface area contributed by atoms with Crippen LogP contribution in [0.2, 0.25) is 0 Å². The summed E-state index contributed by atoms with van der Waals surface area (Å²) in [5, 5.41) is 10.9. The minimum absolute atomic E-state index is 0.539. The van der Waals surface area contributed by atoms with Crippen LogP contribution in [0.1, 0.15) is 24.7 Å². The van der Waals surface area contributed by atoms with Gasteiger partial charge in [0.15, 0.2) is 0 Å². The van der Waals surface area contributed by atoms with E-state index in [0.29, 0.717) is 18.8 Å². The van der Waals surface area contributed by atoms with Crippen LogP contribution in [0, 0.1) is 0 Å². The van der Waals surface area contributed by atoms with Gasteiger partial charge in [0.25, 0.3) is 0 Å². The number of benzene rings is 1. The summed E-state index contributed by atoms with van der Waals surface area (Å²) in [5.41, 5.74) is 0.822. The monoisotopic (exact) mass is 220 g/mol. The molecule has 0 aliphatic heterocycles. The summed E-state index contributed by atoms with van der Waals surface area (Å²) >= 11 is 0. The van der Waals surface area contributed by atoms with Gasteiger partial charge in [-0.1, -0.05) is 18.2 Å². The summed E-state index contributed by atoms with van der Waals surface area (Å²) in [6.45, 7) is 0.664. The molecule has 1 unspecified atom stereocenters. The number of aliphatic hydroxyl groups is 1. The number of ether oxygens (including phenoxy) is 1. The Balaban J connectivity index is 2.07. The number of hydrogen-bond donors (Lipinski definition) is 1. The number of methoxy groups -OCH3 is 1. The predicted octanol–water partition coefficient (Wildman–Crippen LogP) is 2.89. The highest BCUT2D eigenvalue weighted by atomic mass is 16.5. The molecule has 1 aromatic heterocycles. The first kappa shape index (κ1) is 11.2. The first-order chi connectivity index (χ1) is 7.81. The lowest BCUT2D eigenvalue weighted by atomic mass is 10.1. The average Bonchev–Trinajstić information content (AvgIpc) is 2.73. The van der Waals surface area contributed by atoms with Crippen LogP contribution in [0.25, 0.3) is 11.0 Å². The Morgan fingerprint density at radius 3 is 2.94 bits per heavy atom. The van der Waals surface area contributed by atoms with Gasteiger partial charge in [-0.2, -0.15) is 0 Å². The molecule has 0 radical (unpaired) electrons. The Kier molecular flexibility index (Phi) is 3.59. The maximum atomic E-state index is 9.90. The van der Waals surface area contributed by atoms with Crippen LogP contribution in [0.5, 0.6) is 0 Å². The Bertz CT molecular complexity index is 414. The summed E-state index contributed by atoms with van der Waals surface area (Å²) in [7, 11) is 1.66. The van der Waals surface area contributed by atoms with Gasteiger partial charge < -0.3 is 14.3 Å². The van der Waals surface area contributed by atoms with E-state index in [1.54, 1.807) is 7.11 Å². The van der Waals surface area contributed by atoms with E-state index in [1.165, 1.54) is 0 Å². The van der Waals surface area contributed by atoms with Crippen LogP contribution in [0.3, 0.4) is 0 Å². The van der Waals surface area contributed by atoms with Crippen molar-refractivity contribution in [1.29, 1.82) is 0 Å². The number of hydrogen-bond acceptors (Lipinski definition) is 3. The Hall–Kier alpha value is -1.32. The molecule has 0 amide bonds. The summed E-state index contributed by atoms with van der Waals surface area (Å²) in [6, 6.07) is 9.66. The standard InChI is InChI=1S/C13H16O3/c1-15-8-4-6-11(14)13-9-10-5-2-3-7-12(10)16-13/h2-3,5,7,9,11,14H,4,6,8H2,1H3. The third-order valence-electron chi connectivity index (χ3n) is 2.60. The zero-order valence-corrected chi connectivity index (χ0v) is 9.35. The normalized spacial score (nSPS) is 13.1. The van der Waals surface area contributed by atoms with Gasteiger partial charge in [0.1, 0.15) is 17.4 Å². The molecule has 1 N–H and O–H groups in total. The quantitative estimate of drug-likeness (QED) is 0.788. The zero-order valence-electron chi connectivity index (χ0n) is 9.35. The molecule has 0 aliphatic carbocycles. The van der Waals surface area contributed by atoms with E-state index in [2.05, 4.69) is 0 Å². The lowest BCUT2D eigenvalue weighted by molar-refractivity contribution is 0.120. The minimum Gasteiger partial charge on any atom is -0.458 e. The van der Waals surface area contributed by atoms with E-state index in [9.17, 15) is 5.11 Å². The van der Waals surface area contributed by atoms with Gasteiger partial charge in [0.2, 0.25) is 0 Å². The summed E-state index contributed by atoms with van der Waals surface area (Å²) < 4.78 is 10.5. The minimum atomic E-state index is -0.539. The average molecular weight is 220 g/mol. The molecule has 0 saturated heterocycles. The highest BCUT2D eigenvalue weighted by Crippen LogP contribution is 2.26. The molecular formula is C13H16O3. The van der Waals surface area contributed by atoms with E-state index in [0.717, 1.165) is 17.4 Å². The van der Waals surface area contributed by atoms with Gasteiger partial charge in [0, 0.05) is 19.1 Å². The SMILES string of the molecule is COCCCC(O)c1cc2ccccc2o1. The van der Waals surface area contributed by atoms with Crippen molar-refractivity contribution in [2.75, 3.05) is 13.7 Å². The van der Waals surface area contributed by atoms with Crippen molar-refractivity contribution >= 4 is 11.0 Å². The maximum Gasteiger partial charge on any atom is 0.134 e. The second-order valence-electron chi connectivity index (χ2n) is 3.84. The van der Waals surface area contributed by atoms with Crippen molar-refractivity contribution in [2.45, 2.75) is 18.9 Å². The van der Waals surface area contributed by atoms with E-state index in [-0.39, 0.29) is 0 Å². The summed E-state index contributed by atoms with van der Waals surface area (Å²) in [4.78, 5) is 0. The molecule has 0 fully saturated rings. The summed E-state index contributed by atoms with van der Waals surface area (Å²) in [6.07, 6.45) is 0.949. The molecule has 86 valence electrons. The highest BCUT2D eigenvalue weighted by molar-refractivity contribution is 5.77. The molecule has 0 saturated carbocycles. The van der Waals surface area contributed by atoms with Crippen LogP contribution >= 0.6 is 0 Å². The summed E-state index contributed by atoms with van der Waals surface area (Å²) in [5.74, 6) is 0.636. The largest absolute Gasteiger partial charge is 0.458 e. The topological polar surface area (TPSA) is 42.6 Å². The Labute approximate surface area is 94.6 Å². The van der Waals surface area contributed by atoms with E-state index in [4.69, 9.17) is 9.15 Å². The van der Waals surface area contributed by atoms with Crippen molar-refractivity contribution in [1.82, 2.24) is 0 Å². The third-order valence-corrected chi connectivity index (χ3v) is 2.60. The van der Waals surface area contributed by atoms with Crippen molar-refractivity contribution in [3.63, 3.8) is 0 Å². The van der Waals surface area contributed by atoms with Gasteiger partial charge in [0.05, 0.1) is 0 Å². The fourth-order valence-corrected chi connectivity index (χ4v) is 1.73. The van der Waals surface area contributed by atoms with Gasteiger partial charge in [-0.3, -0.25) is 0 Å². The van der Waals surface area contributed by atoms with Crippen LogP contribution < -0.4 is 0 Å². The molecular weight excluding hydrogens is 204 g/mol. The molecule has 16 heavy (non-hydrogen) atoms. The van der Waals surface area contributed by atoms with E-state index >= 15 is 0 Å². The second-order valence-corrected chi connectivity index (χ2v) is 3.84. The van der Waals surface area contributed by atoms with Gasteiger partial charge in [-0.05, 0) is 25.0 Å². The van der Waals surface area contributed by atoms with Gasteiger partial charge in [-0.15, -0.1) is 0 Å². The number of fused-ring (bicyclic) bond motifs is 1. The van der Waals surface area contributed by atoms with Crippen molar-refractivity contribution < 1.29 is 14.3 Å². The molecule has 1 aromatic carbocycles. The molecule has 2 aromatic rings. The highest BCUT2D eigenvalue weighted by Gasteiger charge is 2.12. The third kappa shape index (κ3) is 2.43. The molecule has 3 heteroatoms. The molecule has 0 spiro atoms. The molecule has 3 nitrogen and oxygen atoms in total. The van der Waals surface area contributed by atoms with Crippen LogP contribution in [0.4, 0.5) is 0 Å². The lowest BCUT2D eigenvalue weighted by Crippen LogP contribution is -1.98. The fourth-order valence-electron chi connectivity index (χ4n) is 1.73. The molecule has 2 rings (SSSR count). The number of para-hydroxylation sites is 1. The number of rotatable bonds is 5. The lowest BCUT2D eigenvalue weighted by Gasteiger charge is -2.06. The molecule has 0 aliphatic rings. The Morgan fingerprint density at radius 2 is 2.19 bits per heavy atom. The maximum absolute atomic E-state index is 9.90. The molecule has 1 heterocycles. The second kappa shape index (κ2) is 5.14. The first-order valence-electron chi connectivity index (χ1n) is 5.46. The predicted molar refractivity (Wildman–Crippen MR) is 62.3 cm³/mol. The van der Waals surface area contributed by atoms with Gasteiger partial charge >= 0.3 is 0 Å². The van der Waals surface area contributed by atoms with Gasteiger partial charge in [-0.25, -0.2) is 0 Å². The molecule has 0 bridgehead atoms. The first-order valence-corrected chi connectivity index (χ1v) is 5.46. The zero-order chi connectivity index (χ0) is 11.4. The van der Waals surface area contributed by atoms with Crippen LogP contribution in [-0.4, -0.2) is 18.8 Å². The van der Waals surface area contributed by atoms with E-state index in [1.807, 2.05) is 30.3 Å². The number of aliphatic hydroxyl groups excluding tert-OH is 1. The van der Waals surface area contributed by atoms with Crippen molar-refractivity contribution in [3.8, 4) is 0 Å². The smallest absolute Gasteiger partial charge is 0.134 e. The Morgan fingerprint density at radius 1 is 1.38 bits per heavy atom. The van der Waals surface area contributed by atoms with Crippen molar-refractivity contribution in [2.24, 2.45) is 0 Å². The number of furan rings is 1. The van der Waals surface area contributed by atoms with Crippen LogP contribution in [-0.2, 0) is 4.74 Å². The van der Waals surface area contributed by atoms with Crippen molar-refractivity contribution in [3.05, 3.63) is 36.1 Å². The van der Waals surface area contributed by atoms with E-state index < -0.39 is 6.10 Å².